The van der Waals surface area contributed by atoms with Gasteiger partial charge in [0.05, 0.1) is 19.9 Å². The summed E-state index contributed by atoms with van der Waals surface area (Å²) in [4.78, 5) is 11.2. The van der Waals surface area contributed by atoms with Gasteiger partial charge in [0.15, 0.2) is 0 Å². The summed E-state index contributed by atoms with van der Waals surface area (Å²) in [7, 11) is 3.24. The lowest BCUT2D eigenvalue weighted by Gasteiger charge is -2.02. The quantitative estimate of drug-likeness (QED) is 0.826. The van der Waals surface area contributed by atoms with E-state index in [2.05, 4.69) is 15.2 Å². The number of hydrogen-bond donors (Lipinski definition) is 1. The minimum absolute atomic E-state index is 0.219. The molecule has 0 saturated carbocycles. The Hall–Kier alpha value is -2.08. The predicted molar refractivity (Wildman–Crippen MR) is 68.5 cm³/mol. The average Bonchev–Trinajstić information content (AvgIpc) is 3.00. The van der Waals surface area contributed by atoms with Crippen molar-refractivity contribution in [3.63, 3.8) is 0 Å². The van der Waals surface area contributed by atoms with Gasteiger partial charge >= 0.3 is 5.97 Å². The summed E-state index contributed by atoms with van der Waals surface area (Å²) in [5.41, 5.74) is 2.27. The van der Waals surface area contributed by atoms with Crippen LogP contribution < -0.4 is 5.32 Å². The number of hydrogen-bond acceptors (Lipinski definition) is 5. The third-order valence-electron chi connectivity index (χ3n) is 3.00. The van der Waals surface area contributed by atoms with Crippen LogP contribution in [-0.4, -0.2) is 22.9 Å². The van der Waals surface area contributed by atoms with Gasteiger partial charge in [-0.25, -0.2) is 4.79 Å². The highest BCUT2D eigenvalue weighted by molar-refractivity contribution is 5.86. The highest BCUT2D eigenvalue weighted by Gasteiger charge is 2.11. The van der Waals surface area contributed by atoms with Crippen molar-refractivity contribution in [3.8, 4) is 0 Å². The van der Waals surface area contributed by atoms with Crippen molar-refractivity contribution < 1.29 is 13.9 Å². The van der Waals surface area contributed by atoms with Crippen molar-refractivity contribution in [1.29, 1.82) is 0 Å². The molecule has 6 nitrogen and oxygen atoms in total. The number of furan rings is 1. The number of nitrogens with one attached hydrogen (secondary N) is 1. The molecule has 0 spiro atoms. The molecule has 6 heteroatoms. The molecule has 0 aliphatic rings. The van der Waals surface area contributed by atoms with Crippen molar-refractivity contribution >= 4 is 5.97 Å². The molecule has 0 amide bonds. The Morgan fingerprint density at radius 2 is 2.26 bits per heavy atom. The highest BCUT2D eigenvalue weighted by atomic mass is 16.5. The van der Waals surface area contributed by atoms with Gasteiger partial charge in [0.25, 0.3) is 0 Å². The predicted octanol–water partition coefficient (Wildman–Crippen LogP) is 1.40. The van der Waals surface area contributed by atoms with Crippen molar-refractivity contribution in [3.05, 3.63) is 41.1 Å². The van der Waals surface area contributed by atoms with Crippen molar-refractivity contribution in [2.75, 3.05) is 7.11 Å². The smallest absolute Gasteiger partial charge is 0.373 e. The molecule has 0 aliphatic heterocycles. The van der Waals surface area contributed by atoms with Gasteiger partial charge in [0.2, 0.25) is 5.76 Å². The Bertz CT molecular complexity index is 571. The summed E-state index contributed by atoms with van der Waals surface area (Å²) in [6, 6.07) is 3.37. The summed E-state index contributed by atoms with van der Waals surface area (Å²) in [5.74, 6) is 0.452. The number of esters is 1. The fourth-order valence-corrected chi connectivity index (χ4v) is 1.72. The van der Waals surface area contributed by atoms with E-state index in [0.717, 1.165) is 11.3 Å². The second-order valence-corrected chi connectivity index (χ2v) is 4.24. The van der Waals surface area contributed by atoms with E-state index >= 15 is 0 Å². The molecule has 0 fully saturated rings. The minimum Gasteiger partial charge on any atom is -0.463 e. The van der Waals surface area contributed by atoms with Crippen LogP contribution in [0.5, 0.6) is 0 Å². The molecule has 0 aliphatic carbocycles. The maximum Gasteiger partial charge on any atom is 0.373 e. The fraction of sp³-hybridized carbons (Fsp3) is 0.385. The number of carbonyl (C=O) groups excluding carboxylic acids is 1. The van der Waals surface area contributed by atoms with E-state index in [1.54, 1.807) is 12.1 Å². The average molecular weight is 263 g/mol. The Morgan fingerprint density at radius 3 is 2.89 bits per heavy atom. The van der Waals surface area contributed by atoms with Gasteiger partial charge in [-0.15, -0.1) is 0 Å². The van der Waals surface area contributed by atoms with Gasteiger partial charge in [-0.2, -0.15) is 5.10 Å². The van der Waals surface area contributed by atoms with Crippen LogP contribution in [0.2, 0.25) is 0 Å². The van der Waals surface area contributed by atoms with Gasteiger partial charge in [-0.05, 0) is 19.1 Å². The minimum atomic E-state index is -0.464. The Morgan fingerprint density at radius 1 is 1.47 bits per heavy atom. The number of ether oxygens (including phenoxy) is 1. The first-order valence-corrected chi connectivity index (χ1v) is 5.97. The van der Waals surface area contributed by atoms with E-state index in [0.29, 0.717) is 18.8 Å². The van der Waals surface area contributed by atoms with Gasteiger partial charge in [0, 0.05) is 24.8 Å². The third-order valence-corrected chi connectivity index (χ3v) is 3.00. The van der Waals surface area contributed by atoms with Crippen LogP contribution in [0.4, 0.5) is 0 Å². The molecule has 2 aromatic rings. The van der Waals surface area contributed by atoms with Gasteiger partial charge in [0.1, 0.15) is 5.76 Å². The maximum atomic E-state index is 11.2. The first kappa shape index (κ1) is 13.4. The topological polar surface area (TPSA) is 69.3 Å². The zero-order chi connectivity index (χ0) is 13.8. The normalized spacial score (nSPS) is 10.7. The molecule has 0 atom stereocenters. The molecule has 0 saturated heterocycles. The summed E-state index contributed by atoms with van der Waals surface area (Å²) in [6.45, 7) is 3.27. The molecule has 0 unspecified atom stereocenters. The lowest BCUT2D eigenvalue weighted by molar-refractivity contribution is 0.0563. The fourth-order valence-electron chi connectivity index (χ4n) is 1.72. The first-order valence-electron chi connectivity index (χ1n) is 5.97. The van der Waals surface area contributed by atoms with Crippen molar-refractivity contribution in [2.24, 2.45) is 7.05 Å². The molecule has 0 aromatic carbocycles. The second-order valence-electron chi connectivity index (χ2n) is 4.24. The number of aromatic nitrogens is 2. The van der Waals surface area contributed by atoms with E-state index in [4.69, 9.17) is 4.42 Å². The Labute approximate surface area is 111 Å². The molecule has 2 heterocycles. The zero-order valence-corrected chi connectivity index (χ0v) is 11.3. The van der Waals surface area contributed by atoms with Crippen LogP contribution in [0.15, 0.2) is 22.7 Å². The zero-order valence-electron chi connectivity index (χ0n) is 11.3. The van der Waals surface area contributed by atoms with Gasteiger partial charge < -0.3 is 14.5 Å². The monoisotopic (exact) mass is 263 g/mol. The van der Waals surface area contributed by atoms with E-state index in [-0.39, 0.29) is 5.76 Å². The molecule has 19 heavy (non-hydrogen) atoms. The van der Waals surface area contributed by atoms with Crippen LogP contribution in [0.3, 0.4) is 0 Å². The van der Waals surface area contributed by atoms with Crippen LogP contribution in [-0.2, 0) is 24.9 Å². The lowest BCUT2D eigenvalue weighted by atomic mass is 10.2. The van der Waals surface area contributed by atoms with E-state index in [1.807, 2.05) is 24.9 Å². The van der Waals surface area contributed by atoms with E-state index < -0.39 is 5.97 Å². The summed E-state index contributed by atoms with van der Waals surface area (Å²) >= 11 is 0. The van der Waals surface area contributed by atoms with Crippen molar-refractivity contribution in [1.82, 2.24) is 15.1 Å². The second kappa shape index (κ2) is 5.71. The molecule has 102 valence electrons. The third kappa shape index (κ3) is 3.03. The van der Waals surface area contributed by atoms with Gasteiger partial charge in [-0.1, -0.05) is 0 Å². The molecule has 0 radical (unpaired) electrons. The van der Waals surface area contributed by atoms with Gasteiger partial charge in [-0.3, -0.25) is 4.68 Å². The van der Waals surface area contributed by atoms with Crippen LogP contribution >= 0.6 is 0 Å². The largest absolute Gasteiger partial charge is 0.463 e. The summed E-state index contributed by atoms with van der Waals surface area (Å²) in [6.07, 6.45) is 1.84. The Kier molecular flexibility index (Phi) is 4.01. The van der Waals surface area contributed by atoms with E-state index in [9.17, 15) is 4.79 Å². The molecule has 2 rings (SSSR count). The number of methoxy groups -OCH3 is 1. The molecule has 2 aromatic heterocycles. The first-order chi connectivity index (χ1) is 9.11. The number of carbonyl (C=O) groups is 1. The number of rotatable bonds is 5. The van der Waals surface area contributed by atoms with E-state index in [1.165, 1.54) is 7.11 Å². The number of nitrogens with zero attached hydrogens (tertiary/aromatic N) is 2. The standard InChI is InChI=1S/C13H17N3O3/c1-9-10(7-15-16(9)2)6-14-8-11-4-5-12(19-11)13(17)18-3/h4-5,7,14H,6,8H2,1-3H3. The molecular formula is C13H17N3O3. The Balaban J connectivity index is 1.87. The van der Waals surface area contributed by atoms with Crippen LogP contribution in [0, 0.1) is 6.92 Å². The van der Waals surface area contributed by atoms with Crippen molar-refractivity contribution in [2.45, 2.75) is 20.0 Å². The molecule has 0 bridgehead atoms. The SMILES string of the molecule is COC(=O)c1ccc(CNCc2cnn(C)c2C)o1. The summed E-state index contributed by atoms with van der Waals surface area (Å²) < 4.78 is 11.8. The maximum absolute atomic E-state index is 11.2. The number of aryl methyl sites for hydroxylation is 1. The van der Waals surface area contributed by atoms with Crippen LogP contribution in [0.1, 0.15) is 27.6 Å². The van der Waals surface area contributed by atoms with Crippen LogP contribution in [0.25, 0.3) is 0 Å². The highest BCUT2D eigenvalue weighted by Crippen LogP contribution is 2.10. The molecular weight excluding hydrogens is 246 g/mol. The molecule has 1 N–H and O–H groups in total. The lowest BCUT2D eigenvalue weighted by Crippen LogP contribution is -2.12. The summed E-state index contributed by atoms with van der Waals surface area (Å²) in [5, 5.41) is 7.42.